The van der Waals surface area contributed by atoms with Gasteiger partial charge in [0.25, 0.3) is 5.56 Å². The molecule has 2 aliphatic rings. The summed E-state index contributed by atoms with van der Waals surface area (Å²) in [6.07, 6.45) is 1.79. The second-order valence-corrected chi connectivity index (χ2v) is 10.2. The molecule has 4 aromatic rings. The van der Waals surface area contributed by atoms with Gasteiger partial charge in [0.2, 0.25) is 5.91 Å². The molecule has 2 aromatic carbocycles. The SMILES string of the molecule is Cc1ccc(-n2ncc3c(=O)n4c(nc32)SCC4CC(=O)N2CCN(c3ccccc3F)CC2)cc1. The van der Waals surface area contributed by atoms with E-state index in [4.69, 9.17) is 4.98 Å². The molecule has 1 fully saturated rings. The van der Waals surface area contributed by atoms with Gasteiger partial charge in [-0.3, -0.25) is 14.2 Å². The summed E-state index contributed by atoms with van der Waals surface area (Å²) in [6.45, 7) is 4.21. The van der Waals surface area contributed by atoms with E-state index < -0.39 is 0 Å². The first-order valence-corrected chi connectivity index (χ1v) is 13.0. The molecule has 36 heavy (non-hydrogen) atoms. The van der Waals surface area contributed by atoms with Crippen molar-refractivity contribution in [2.75, 3.05) is 36.8 Å². The number of thioether (sulfide) groups is 1. The second-order valence-electron chi connectivity index (χ2n) is 9.19. The van der Waals surface area contributed by atoms with Crippen LogP contribution in [0.1, 0.15) is 18.0 Å². The molecule has 1 unspecified atom stereocenters. The molecule has 0 radical (unpaired) electrons. The minimum absolute atomic E-state index is 0.00369. The van der Waals surface area contributed by atoms with Gasteiger partial charge < -0.3 is 9.80 Å². The number of hydrogen-bond donors (Lipinski definition) is 0. The van der Waals surface area contributed by atoms with Crippen LogP contribution < -0.4 is 10.5 Å². The molecule has 1 saturated heterocycles. The van der Waals surface area contributed by atoms with Gasteiger partial charge in [0.05, 0.1) is 23.6 Å². The highest BCUT2D eigenvalue weighted by molar-refractivity contribution is 7.99. The molecule has 0 saturated carbocycles. The quantitative estimate of drug-likeness (QED) is 0.397. The van der Waals surface area contributed by atoms with Crippen LogP contribution in [0.2, 0.25) is 0 Å². The van der Waals surface area contributed by atoms with Crippen LogP contribution in [0, 0.1) is 12.7 Å². The van der Waals surface area contributed by atoms with E-state index in [1.54, 1.807) is 27.6 Å². The van der Waals surface area contributed by atoms with E-state index in [2.05, 4.69) is 5.10 Å². The van der Waals surface area contributed by atoms with E-state index in [1.165, 1.54) is 17.8 Å². The molecule has 1 amide bonds. The normalized spacial score (nSPS) is 17.6. The fraction of sp³-hybridized carbons (Fsp3) is 0.308. The van der Waals surface area contributed by atoms with Gasteiger partial charge in [0.1, 0.15) is 11.2 Å². The summed E-state index contributed by atoms with van der Waals surface area (Å²) in [4.78, 5) is 35.1. The van der Waals surface area contributed by atoms with Gasteiger partial charge in [-0.25, -0.2) is 14.1 Å². The Hall–Kier alpha value is -3.66. The molecule has 0 N–H and O–H groups in total. The summed E-state index contributed by atoms with van der Waals surface area (Å²) < 4.78 is 17.5. The zero-order valence-corrected chi connectivity index (χ0v) is 20.6. The third kappa shape index (κ3) is 3.95. The number of aryl methyl sites for hydroxylation is 1. The van der Waals surface area contributed by atoms with Gasteiger partial charge >= 0.3 is 0 Å². The Balaban J connectivity index is 1.19. The first-order chi connectivity index (χ1) is 17.5. The molecule has 2 aromatic heterocycles. The highest BCUT2D eigenvalue weighted by Crippen LogP contribution is 2.34. The van der Waals surface area contributed by atoms with Gasteiger partial charge in [-0.05, 0) is 31.2 Å². The lowest BCUT2D eigenvalue weighted by molar-refractivity contribution is -0.132. The van der Waals surface area contributed by atoms with E-state index in [1.807, 2.05) is 47.1 Å². The molecule has 6 rings (SSSR count). The number of halogens is 1. The zero-order chi connectivity index (χ0) is 24.8. The van der Waals surface area contributed by atoms with Crippen molar-refractivity contribution in [1.82, 2.24) is 24.2 Å². The van der Waals surface area contributed by atoms with Crippen LogP contribution in [0.25, 0.3) is 16.7 Å². The number of para-hydroxylation sites is 1. The number of aromatic nitrogens is 4. The Bertz CT molecular complexity index is 1510. The largest absolute Gasteiger partial charge is 0.366 e. The first-order valence-electron chi connectivity index (χ1n) is 12.0. The molecule has 0 aliphatic carbocycles. The summed E-state index contributed by atoms with van der Waals surface area (Å²) in [5.74, 6) is 0.373. The Morgan fingerprint density at radius 1 is 1.08 bits per heavy atom. The summed E-state index contributed by atoms with van der Waals surface area (Å²) in [5, 5.41) is 5.48. The Labute approximate surface area is 211 Å². The van der Waals surface area contributed by atoms with Crippen molar-refractivity contribution < 1.29 is 9.18 Å². The maximum atomic E-state index is 14.1. The predicted octanol–water partition coefficient (Wildman–Crippen LogP) is 3.42. The molecule has 0 bridgehead atoms. The molecule has 1 atom stereocenters. The second kappa shape index (κ2) is 9.09. The number of anilines is 1. The average Bonchev–Trinajstić information content (AvgIpc) is 3.50. The monoisotopic (exact) mass is 504 g/mol. The number of rotatable bonds is 4. The van der Waals surface area contributed by atoms with Crippen molar-refractivity contribution in [3.8, 4) is 5.69 Å². The van der Waals surface area contributed by atoms with Crippen LogP contribution >= 0.6 is 11.8 Å². The number of fused-ring (bicyclic) bond motifs is 2. The number of benzene rings is 2. The van der Waals surface area contributed by atoms with Crippen LogP contribution in [-0.2, 0) is 4.79 Å². The third-order valence-corrected chi connectivity index (χ3v) is 7.98. The number of amides is 1. The van der Waals surface area contributed by atoms with E-state index in [0.29, 0.717) is 53.8 Å². The van der Waals surface area contributed by atoms with Gasteiger partial charge in [-0.15, -0.1) is 0 Å². The summed E-state index contributed by atoms with van der Waals surface area (Å²) >= 11 is 1.49. The summed E-state index contributed by atoms with van der Waals surface area (Å²) in [7, 11) is 0. The standard InChI is InChI=1S/C26H25FN6O2S/c1-17-6-8-18(9-7-17)33-24-20(15-28-33)25(35)32-19(16-36-26(32)29-24)14-23(34)31-12-10-30(11-13-31)22-5-3-2-4-21(22)27/h2-9,15,19H,10-14,16H2,1H3. The molecule has 10 heteroatoms. The van der Waals surface area contributed by atoms with Crippen LogP contribution in [0.15, 0.2) is 64.7 Å². The lowest BCUT2D eigenvalue weighted by Gasteiger charge is -2.36. The van der Waals surface area contributed by atoms with Gasteiger partial charge in [-0.2, -0.15) is 5.10 Å². The fourth-order valence-electron chi connectivity index (χ4n) is 4.89. The number of nitrogens with zero attached hydrogens (tertiary/aromatic N) is 6. The third-order valence-electron chi connectivity index (χ3n) is 6.88. The Morgan fingerprint density at radius 3 is 2.58 bits per heavy atom. The van der Waals surface area contributed by atoms with Gasteiger partial charge in [0.15, 0.2) is 10.8 Å². The van der Waals surface area contributed by atoms with Crippen LogP contribution in [0.4, 0.5) is 10.1 Å². The van der Waals surface area contributed by atoms with Crippen molar-refractivity contribution in [2.45, 2.75) is 24.5 Å². The molecule has 2 aliphatic heterocycles. The van der Waals surface area contributed by atoms with Crippen LogP contribution in [0.3, 0.4) is 0 Å². The van der Waals surface area contributed by atoms with Gasteiger partial charge in [-0.1, -0.05) is 41.6 Å². The number of carbonyl (C=O) groups excluding carboxylic acids is 1. The van der Waals surface area contributed by atoms with Crippen molar-refractivity contribution in [3.05, 3.63) is 76.5 Å². The first kappa shape index (κ1) is 22.8. The fourth-order valence-corrected chi connectivity index (χ4v) is 6.02. The van der Waals surface area contributed by atoms with Crippen LogP contribution in [0.5, 0.6) is 0 Å². The lowest BCUT2D eigenvalue weighted by atomic mass is 10.1. The molecule has 4 heterocycles. The van der Waals surface area contributed by atoms with E-state index in [0.717, 1.165) is 11.3 Å². The molecule has 0 spiro atoms. The average molecular weight is 505 g/mol. The molecule has 8 nitrogen and oxygen atoms in total. The van der Waals surface area contributed by atoms with E-state index >= 15 is 0 Å². The lowest BCUT2D eigenvalue weighted by Crippen LogP contribution is -2.49. The van der Waals surface area contributed by atoms with E-state index in [9.17, 15) is 14.0 Å². The highest BCUT2D eigenvalue weighted by atomic mass is 32.2. The molecular formula is C26H25FN6O2S. The van der Waals surface area contributed by atoms with Crippen LogP contribution in [-0.4, -0.2) is 62.1 Å². The van der Waals surface area contributed by atoms with Crippen molar-refractivity contribution >= 4 is 34.4 Å². The van der Waals surface area contributed by atoms with E-state index in [-0.39, 0.29) is 29.7 Å². The minimum Gasteiger partial charge on any atom is -0.366 e. The Morgan fingerprint density at radius 2 is 1.83 bits per heavy atom. The molecular weight excluding hydrogens is 479 g/mol. The van der Waals surface area contributed by atoms with Crippen molar-refractivity contribution in [3.63, 3.8) is 0 Å². The number of hydrogen-bond acceptors (Lipinski definition) is 6. The highest BCUT2D eigenvalue weighted by Gasteiger charge is 2.32. The minimum atomic E-state index is -0.255. The summed E-state index contributed by atoms with van der Waals surface area (Å²) in [5.41, 5.74) is 2.91. The van der Waals surface area contributed by atoms with Gasteiger partial charge in [0, 0.05) is 38.4 Å². The number of carbonyl (C=O) groups is 1. The number of piperazine rings is 1. The summed E-state index contributed by atoms with van der Waals surface area (Å²) in [6, 6.07) is 14.4. The maximum Gasteiger partial charge on any atom is 0.265 e. The smallest absolute Gasteiger partial charge is 0.265 e. The predicted molar refractivity (Wildman–Crippen MR) is 137 cm³/mol. The zero-order valence-electron chi connectivity index (χ0n) is 19.8. The molecule has 184 valence electrons. The van der Waals surface area contributed by atoms with Crippen molar-refractivity contribution in [1.29, 1.82) is 0 Å². The maximum absolute atomic E-state index is 14.1. The topological polar surface area (TPSA) is 76.3 Å². The van der Waals surface area contributed by atoms with Crippen molar-refractivity contribution in [2.24, 2.45) is 0 Å². The Kier molecular flexibility index (Phi) is 5.75.